The molecule has 1 aromatic heterocycles. The number of piperidine rings is 3. The van der Waals surface area contributed by atoms with Crippen LogP contribution in [0.5, 0.6) is 11.5 Å². The summed E-state index contributed by atoms with van der Waals surface area (Å²) in [5.74, 6) is 2.33. The smallest absolute Gasteiger partial charge is 0.253 e. The Kier molecular flexibility index (Phi) is 3.77. The first kappa shape index (κ1) is 16.9. The molecule has 1 unspecified atom stereocenters. The number of para-hydroxylation sites is 1. The third kappa shape index (κ3) is 2.84. The van der Waals surface area contributed by atoms with E-state index in [-0.39, 0.29) is 18.7 Å². The minimum atomic E-state index is -0.0834. The Morgan fingerprint density at radius 2 is 1.97 bits per heavy atom. The number of hydrogen-bond acceptors (Lipinski definition) is 6. The van der Waals surface area contributed by atoms with Gasteiger partial charge in [-0.1, -0.05) is 6.07 Å². The summed E-state index contributed by atoms with van der Waals surface area (Å²) >= 11 is 0. The lowest BCUT2D eigenvalue weighted by Gasteiger charge is -2.44. The molecule has 0 spiro atoms. The molecular weight excluding hydrogens is 370 g/mol. The summed E-state index contributed by atoms with van der Waals surface area (Å²) in [6, 6.07) is 11.3. The molecule has 4 aliphatic heterocycles. The predicted octanol–water partition coefficient (Wildman–Crippen LogP) is 3.05. The summed E-state index contributed by atoms with van der Waals surface area (Å²) in [6.07, 6.45) is 2.32. The minimum Gasteiger partial charge on any atom is -0.454 e. The first-order valence-electron chi connectivity index (χ1n) is 10.1. The van der Waals surface area contributed by atoms with Crippen molar-refractivity contribution in [2.24, 2.45) is 5.92 Å². The fourth-order valence-corrected chi connectivity index (χ4v) is 4.66. The van der Waals surface area contributed by atoms with Crippen molar-refractivity contribution < 1.29 is 18.7 Å². The van der Waals surface area contributed by atoms with Crippen LogP contribution in [0.15, 0.2) is 40.8 Å². The van der Waals surface area contributed by atoms with Crippen molar-refractivity contribution >= 4 is 17.0 Å². The van der Waals surface area contributed by atoms with E-state index in [4.69, 9.17) is 13.9 Å². The molecule has 0 radical (unpaired) electrons. The van der Waals surface area contributed by atoms with Crippen LogP contribution >= 0.6 is 0 Å². The zero-order valence-corrected chi connectivity index (χ0v) is 15.9. The summed E-state index contributed by atoms with van der Waals surface area (Å²) in [6.45, 7) is 3.45. The van der Waals surface area contributed by atoms with E-state index in [0.717, 1.165) is 38.0 Å². The first-order valence-corrected chi connectivity index (χ1v) is 10.1. The van der Waals surface area contributed by atoms with Crippen LogP contribution in [0.1, 0.15) is 23.2 Å². The Hall–Kier alpha value is -3.06. The monoisotopic (exact) mass is 391 g/mol. The van der Waals surface area contributed by atoms with Gasteiger partial charge >= 0.3 is 0 Å². The third-order valence-corrected chi connectivity index (χ3v) is 6.26. The molecule has 1 amide bonds. The number of ether oxygens (including phenoxy) is 2. The largest absolute Gasteiger partial charge is 0.454 e. The van der Waals surface area contributed by atoms with Crippen molar-refractivity contribution in [1.82, 2.24) is 15.2 Å². The topological polar surface area (TPSA) is 76.8 Å². The molecule has 148 valence electrons. The number of nitrogens with one attached hydrogen (secondary N) is 1. The number of amides is 1. The molecule has 0 aliphatic carbocycles. The van der Waals surface area contributed by atoms with Crippen molar-refractivity contribution in [3.63, 3.8) is 0 Å². The van der Waals surface area contributed by atoms with E-state index in [1.165, 1.54) is 0 Å². The van der Waals surface area contributed by atoms with Crippen molar-refractivity contribution in [2.75, 3.05) is 26.4 Å². The van der Waals surface area contributed by atoms with E-state index in [1.54, 1.807) is 0 Å². The standard InChI is InChI=1S/C22H21N3O4/c26-21(23-16-11-25-8-6-13(16)7-9-25)15-2-1-3-18-20(15)24-22(29-18)14-4-5-17-19(10-14)28-12-27-17/h1-5,10,13,16H,6-9,11-12H2,(H,23,26). The zero-order valence-electron chi connectivity index (χ0n) is 15.9. The van der Waals surface area contributed by atoms with Gasteiger partial charge in [0.15, 0.2) is 17.1 Å². The second-order valence-corrected chi connectivity index (χ2v) is 7.96. The molecule has 29 heavy (non-hydrogen) atoms. The van der Waals surface area contributed by atoms with E-state index in [0.29, 0.717) is 40.0 Å². The van der Waals surface area contributed by atoms with Gasteiger partial charge in [-0.3, -0.25) is 4.79 Å². The Morgan fingerprint density at radius 1 is 1.10 bits per heavy atom. The highest BCUT2D eigenvalue weighted by Gasteiger charge is 2.35. The van der Waals surface area contributed by atoms with Gasteiger partial charge < -0.3 is 24.1 Å². The number of carbonyl (C=O) groups is 1. The van der Waals surface area contributed by atoms with Crippen LogP contribution in [0.3, 0.4) is 0 Å². The molecule has 3 saturated heterocycles. The van der Waals surface area contributed by atoms with Crippen molar-refractivity contribution in [3.05, 3.63) is 42.0 Å². The molecule has 2 aromatic carbocycles. The highest BCUT2D eigenvalue weighted by molar-refractivity contribution is 6.05. The lowest BCUT2D eigenvalue weighted by atomic mass is 9.84. The van der Waals surface area contributed by atoms with E-state index < -0.39 is 0 Å². The lowest BCUT2D eigenvalue weighted by molar-refractivity contribution is 0.0621. The average molecular weight is 391 g/mol. The zero-order chi connectivity index (χ0) is 19.4. The second kappa shape index (κ2) is 6.49. The van der Waals surface area contributed by atoms with Gasteiger partial charge in [0.2, 0.25) is 12.7 Å². The highest BCUT2D eigenvalue weighted by Crippen LogP contribution is 2.36. The van der Waals surface area contributed by atoms with E-state index in [1.807, 2.05) is 36.4 Å². The maximum Gasteiger partial charge on any atom is 0.253 e. The van der Waals surface area contributed by atoms with Crippen molar-refractivity contribution in [1.29, 1.82) is 0 Å². The van der Waals surface area contributed by atoms with Crippen LogP contribution < -0.4 is 14.8 Å². The van der Waals surface area contributed by atoms with Crippen LogP contribution in [0.25, 0.3) is 22.6 Å². The Balaban J connectivity index is 1.31. The third-order valence-electron chi connectivity index (χ3n) is 6.26. The molecule has 5 heterocycles. The fraction of sp³-hybridized carbons (Fsp3) is 0.364. The number of rotatable bonds is 3. The molecule has 0 saturated carbocycles. The van der Waals surface area contributed by atoms with Crippen LogP contribution in [0.2, 0.25) is 0 Å². The number of carbonyl (C=O) groups excluding carboxylic acids is 1. The van der Waals surface area contributed by atoms with Gasteiger partial charge in [0, 0.05) is 18.2 Å². The molecule has 2 bridgehead atoms. The van der Waals surface area contributed by atoms with Gasteiger partial charge in [0.25, 0.3) is 5.91 Å². The van der Waals surface area contributed by atoms with Gasteiger partial charge in [0.05, 0.1) is 5.56 Å². The second-order valence-electron chi connectivity index (χ2n) is 7.96. The van der Waals surface area contributed by atoms with E-state index >= 15 is 0 Å². The summed E-state index contributed by atoms with van der Waals surface area (Å²) in [4.78, 5) is 20.1. The number of hydrogen-bond donors (Lipinski definition) is 1. The Bertz CT molecular complexity index is 1100. The maximum atomic E-state index is 13.1. The highest BCUT2D eigenvalue weighted by atomic mass is 16.7. The van der Waals surface area contributed by atoms with Gasteiger partial charge in [-0.05, 0) is 62.2 Å². The van der Waals surface area contributed by atoms with Crippen LogP contribution in [-0.4, -0.2) is 48.3 Å². The van der Waals surface area contributed by atoms with Crippen LogP contribution in [0.4, 0.5) is 0 Å². The first-order chi connectivity index (χ1) is 14.2. The van der Waals surface area contributed by atoms with Crippen molar-refractivity contribution in [3.8, 4) is 23.0 Å². The summed E-state index contributed by atoms with van der Waals surface area (Å²) in [5.41, 5.74) is 2.52. The fourth-order valence-electron chi connectivity index (χ4n) is 4.66. The quantitative estimate of drug-likeness (QED) is 0.740. The number of oxazole rings is 1. The van der Waals surface area contributed by atoms with Crippen LogP contribution in [-0.2, 0) is 0 Å². The van der Waals surface area contributed by atoms with Gasteiger partial charge in [-0.15, -0.1) is 0 Å². The molecule has 7 nitrogen and oxygen atoms in total. The van der Waals surface area contributed by atoms with Gasteiger partial charge in [0.1, 0.15) is 5.52 Å². The summed E-state index contributed by atoms with van der Waals surface area (Å²) < 4.78 is 16.8. The minimum absolute atomic E-state index is 0.0834. The Morgan fingerprint density at radius 3 is 2.79 bits per heavy atom. The number of aromatic nitrogens is 1. The lowest BCUT2D eigenvalue weighted by Crippen LogP contribution is -2.57. The molecule has 3 aromatic rings. The van der Waals surface area contributed by atoms with E-state index in [9.17, 15) is 4.79 Å². The number of fused-ring (bicyclic) bond motifs is 5. The molecule has 7 heteroatoms. The molecule has 1 atom stereocenters. The summed E-state index contributed by atoms with van der Waals surface area (Å²) in [7, 11) is 0. The molecule has 7 rings (SSSR count). The van der Waals surface area contributed by atoms with Gasteiger partial charge in [-0.25, -0.2) is 4.98 Å². The van der Waals surface area contributed by atoms with E-state index in [2.05, 4.69) is 15.2 Å². The normalized spacial score (nSPS) is 24.8. The summed E-state index contributed by atoms with van der Waals surface area (Å²) in [5, 5.41) is 3.24. The number of nitrogens with zero attached hydrogens (tertiary/aromatic N) is 2. The molecule has 1 N–H and O–H groups in total. The van der Waals surface area contributed by atoms with Gasteiger partial charge in [-0.2, -0.15) is 0 Å². The van der Waals surface area contributed by atoms with Crippen molar-refractivity contribution in [2.45, 2.75) is 18.9 Å². The average Bonchev–Trinajstić information content (AvgIpc) is 3.40. The number of benzene rings is 2. The maximum absolute atomic E-state index is 13.1. The molecule has 4 aliphatic rings. The molecular formula is C22H21N3O4. The molecule has 3 fully saturated rings. The predicted molar refractivity (Wildman–Crippen MR) is 106 cm³/mol. The SMILES string of the molecule is O=C(NC1CN2CCC1CC2)c1cccc2oc(-c3ccc4c(c3)OCO4)nc12. The Labute approximate surface area is 167 Å². The van der Waals surface area contributed by atoms with Crippen LogP contribution in [0, 0.1) is 5.92 Å².